The number of anilines is 1. The molecule has 0 atom stereocenters. The molecule has 0 aromatic heterocycles. The summed E-state index contributed by atoms with van der Waals surface area (Å²) in [6.07, 6.45) is 0.895. The zero-order valence-corrected chi connectivity index (χ0v) is 7.70. The molecule has 0 spiro atoms. The van der Waals surface area contributed by atoms with Crippen LogP contribution in [0.2, 0.25) is 5.02 Å². The predicted molar refractivity (Wildman–Crippen MR) is 50.0 cm³/mol. The standard InChI is InChI=1S/C9H9ClFNO/c10-8-6(11)2-3-7-9(8)13-5-1-4-12-7/h2-3,12H,1,4-5H2. The van der Waals surface area contributed by atoms with E-state index in [2.05, 4.69) is 5.32 Å². The van der Waals surface area contributed by atoms with Gasteiger partial charge in [0.05, 0.1) is 12.3 Å². The van der Waals surface area contributed by atoms with Crippen molar-refractivity contribution in [2.24, 2.45) is 0 Å². The summed E-state index contributed by atoms with van der Waals surface area (Å²) in [6, 6.07) is 2.98. The van der Waals surface area contributed by atoms with Crippen molar-refractivity contribution in [1.82, 2.24) is 0 Å². The minimum atomic E-state index is -0.441. The third-order valence-electron chi connectivity index (χ3n) is 1.93. The van der Waals surface area contributed by atoms with Gasteiger partial charge in [-0.25, -0.2) is 4.39 Å². The molecule has 1 aliphatic rings. The maximum atomic E-state index is 13.0. The fraction of sp³-hybridized carbons (Fsp3) is 0.333. The Labute approximate surface area is 80.7 Å². The summed E-state index contributed by atoms with van der Waals surface area (Å²) < 4.78 is 18.3. The summed E-state index contributed by atoms with van der Waals surface area (Å²) in [5.74, 6) is -0.0108. The average molecular weight is 202 g/mol. The molecular formula is C9H9ClFNO. The van der Waals surface area contributed by atoms with E-state index in [1.54, 1.807) is 6.07 Å². The summed E-state index contributed by atoms with van der Waals surface area (Å²) in [5.41, 5.74) is 0.768. The van der Waals surface area contributed by atoms with Gasteiger partial charge in [0.1, 0.15) is 10.8 Å². The maximum absolute atomic E-state index is 13.0. The number of fused-ring (bicyclic) bond motifs is 1. The first-order valence-electron chi connectivity index (χ1n) is 4.14. The highest BCUT2D eigenvalue weighted by molar-refractivity contribution is 6.32. The molecule has 2 rings (SSSR count). The molecule has 4 heteroatoms. The molecule has 0 bridgehead atoms. The summed E-state index contributed by atoms with van der Waals surface area (Å²) in [6.45, 7) is 1.40. The van der Waals surface area contributed by atoms with E-state index < -0.39 is 5.82 Å². The lowest BCUT2D eigenvalue weighted by Gasteiger charge is -2.09. The first kappa shape index (κ1) is 8.63. The monoisotopic (exact) mass is 201 g/mol. The minimum absolute atomic E-state index is 0.0619. The van der Waals surface area contributed by atoms with Crippen molar-refractivity contribution >= 4 is 17.3 Å². The van der Waals surface area contributed by atoms with Crippen LogP contribution in [0.25, 0.3) is 0 Å². The second-order valence-corrected chi connectivity index (χ2v) is 3.24. The molecule has 0 aliphatic carbocycles. The van der Waals surface area contributed by atoms with Crippen LogP contribution >= 0.6 is 11.6 Å². The van der Waals surface area contributed by atoms with E-state index in [4.69, 9.17) is 16.3 Å². The van der Waals surface area contributed by atoms with E-state index >= 15 is 0 Å². The van der Waals surface area contributed by atoms with Crippen molar-refractivity contribution in [3.05, 3.63) is 23.0 Å². The van der Waals surface area contributed by atoms with Gasteiger partial charge >= 0.3 is 0 Å². The Kier molecular flexibility index (Phi) is 2.27. The Morgan fingerprint density at radius 2 is 2.31 bits per heavy atom. The van der Waals surface area contributed by atoms with Crippen molar-refractivity contribution in [1.29, 1.82) is 0 Å². The molecule has 13 heavy (non-hydrogen) atoms. The van der Waals surface area contributed by atoms with Crippen LogP contribution < -0.4 is 10.1 Å². The third-order valence-corrected chi connectivity index (χ3v) is 2.29. The normalized spacial score (nSPS) is 15.2. The second kappa shape index (κ2) is 3.42. The molecule has 0 saturated carbocycles. The number of nitrogens with one attached hydrogen (secondary N) is 1. The zero-order valence-electron chi connectivity index (χ0n) is 6.94. The summed E-state index contributed by atoms with van der Waals surface area (Å²) in [7, 11) is 0. The lowest BCUT2D eigenvalue weighted by Crippen LogP contribution is -1.99. The first-order chi connectivity index (χ1) is 6.29. The SMILES string of the molecule is Fc1ccc2c(c1Cl)OCCCN2. The Morgan fingerprint density at radius 1 is 1.46 bits per heavy atom. The highest BCUT2D eigenvalue weighted by Gasteiger charge is 2.14. The Hall–Kier alpha value is -0.960. The molecule has 0 saturated heterocycles. The smallest absolute Gasteiger partial charge is 0.163 e. The van der Waals surface area contributed by atoms with Crippen LogP contribution in [0.4, 0.5) is 10.1 Å². The van der Waals surface area contributed by atoms with Crippen LogP contribution in [0.1, 0.15) is 6.42 Å². The van der Waals surface area contributed by atoms with Gasteiger partial charge in [0.15, 0.2) is 5.75 Å². The lowest BCUT2D eigenvalue weighted by molar-refractivity contribution is 0.321. The fourth-order valence-corrected chi connectivity index (χ4v) is 1.50. The summed E-state index contributed by atoms with van der Waals surface area (Å²) in [4.78, 5) is 0. The van der Waals surface area contributed by atoms with Gasteiger partial charge in [0.2, 0.25) is 0 Å². The van der Waals surface area contributed by atoms with E-state index in [9.17, 15) is 4.39 Å². The Bertz CT molecular complexity index is 330. The van der Waals surface area contributed by atoms with E-state index in [1.807, 2.05) is 0 Å². The predicted octanol–water partition coefficient (Wildman–Crippen LogP) is 2.67. The van der Waals surface area contributed by atoms with Gasteiger partial charge in [0.25, 0.3) is 0 Å². The van der Waals surface area contributed by atoms with Crippen LogP contribution in [0.3, 0.4) is 0 Å². The maximum Gasteiger partial charge on any atom is 0.163 e. The lowest BCUT2D eigenvalue weighted by atomic mass is 10.3. The van der Waals surface area contributed by atoms with Crippen LogP contribution in [0.5, 0.6) is 5.75 Å². The molecule has 0 amide bonds. The molecule has 1 aliphatic heterocycles. The highest BCUT2D eigenvalue weighted by Crippen LogP contribution is 2.36. The number of hydrogen-bond acceptors (Lipinski definition) is 2. The van der Waals surface area contributed by atoms with Crippen molar-refractivity contribution in [3.8, 4) is 5.75 Å². The Morgan fingerprint density at radius 3 is 3.15 bits per heavy atom. The van der Waals surface area contributed by atoms with Crippen molar-refractivity contribution in [2.75, 3.05) is 18.5 Å². The summed E-state index contributed by atoms with van der Waals surface area (Å²) in [5, 5.41) is 3.18. The van der Waals surface area contributed by atoms with Gasteiger partial charge in [-0.15, -0.1) is 0 Å². The quantitative estimate of drug-likeness (QED) is 0.697. The molecule has 1 N–H and O–H groups in total. The number of rotatable bonds is 0. The molecule has 0 fully saturated rings. The molecule has 1 heterocycles. The fourth-order valence-electron chi connectivity index (χ4n) is 1.28. The zero-order chi connectivity index (χ0) is 9.26. The number of hydrogen-bond donors (Lipinski definition) is 1. The van der Waals surface area contributed by atoms with Crippen molar-refractivity contribution in [2.45, 2.75) is 6.42 Å². The van der Waals surface area contributed by atoms with E-state index in [1.165, 1.54) is 6.07 Å². The van der Waals surface area contributed by atoms with E-state index in [-0.39, 0.29) is 5.02 Å². The largest absolute Gasteiger partial charge is 0.490 e. The summed E-state index contributed by atoms with van der Waals surface area (Å²) >= 11 is 5.74. The van der Waals surface area contributed by atoms with Gasteiger partial charge in [-0.05, 0) is 18.6 Å². The number of ether oxygens (including phenoxy) is 1. The average Bonchev–Trinajstić information content (AvgIpc) is 2.36. The molecule has 0 radical (unpaired) electrons. The Balaban J connectivity index is 2.48. The highest BCUT2D eigenvalue weighted by atomic mass is 35.5. The van der Waals surface area contributed by atoms with Crippen LogP contribution in [0, 0.1) is 5.82 Å². The second-order valence-electron chi connectivity index (χ2n) is 2.87. The molecule has 70 valence electrons. The van der Waals surface area contributed by atoms with Crippen LogP contribution in [0.15, 0.2) is 12.1 Å². The topological polar surface area (TPSA) is 21.3 Å². The first-order valence-corrected chi connectivity index (χ1v) is 4.51. The molecule has 1 aromatic rings. The number of benzene rings is 1. The van der Waals surface area contributed by atoms with E-state index in [0.717, 1.165) is 18.7 Å². The van der Waals surface area contributed by atoms with Crippen molar-refractivity contribution in [3.63, 3.8) is 0 Å². The molecular weight excluding hydrogens is 193 g/mol. The molecule has 1 aromatic carbocycles. The van der Waals surface area contributed by atoms with Crippen LogP contribution in [-0.2, 0) is 0 Å². The van der Waals surface area contributed by atoms with Gasteiger partial charge in [0, 0.05) is 6.54 Å². The van der Waals surface area contributed by atoms with Crippen LogP contribution in [-0.4, -0.2) is 13.2 Å². The third kappa shape index (κ3) is 1.56. The van der Waals surface area contributed by atoms with Gasteiger partial charge in [-0.3, -0.25) is 0 Å². The molecule has 2 nitrogen and oxygen atoms in total. The van der Waals surface area contributed by atoms with E-state index in [0.29, 0.717) is 12.4 Å². The van der Waals surface area contributed by atoms with Crippen molar-refractivity contribution < 1.29 is 9.13 Å². The van der Waals surface area contributed by atoms with Gasteiger partial charge in [-0.2, -0.15) is 0 Å². The van der Waals surface area contributed by atoms with Gasteiger partial charge in [-0.1, -0.05) is 11.6 Å². The minimum Gasteiger partial charge on any atom is -0.490 e. The molecule has 0 unspecified atom stereocenters. The van der Waals surface area contributed by atoms with Gasteiger partial charge < -0.3 is 10.1 Å². The number of halogens is 2.